The topological polar surface area (TPSA) is 151 Å². The number of nitrogens with zero attached hydrogens (tertiary/aromatic N) is 8. The van der Waals surface area contributed by atoms with Gasteiger partial charge in [0.1, 0.15) is 23.8 Å². The summed E-state index contributed by atoms with van der Waals surface area (Å²) in [7, 11) is 1.65. The number of halogens is 3. The van der Waals surface area contributed by atoms with Gasteiger partial charge in [0, 0.05) is 18.3 Å². The third kappa shape index (κ3) is 6.02. The molecule has 0 unspecified atom stereocenters. The number of anilines is 1. The smallest absolute Gasteiger partial charge is 0.280 e. The Bertz CT molecular complexity index is 1750. The Labute approximate surface area is 238 Å². The van der Waals surface area contributed by atoms with Crippen molar-refractivity contribution in [3.05, 3.63) is 77.0 Å². The Morgan fingerprint density at radius 1 is 1.00 bits per heavy atom. The van der Waals surface area contributed by atoms with Crippen LogP contribution in [0.4, 0.5) is 19.1 Å². The number of aryl methyl sites for hydroxylation is 2. The highest BCUT2D eigenvalue weighted by molar-refractivity contribution is 5.85. The van der Waals surface area contributed by atoms with Crippen molar-refractivity contribution in [3.8, 4) is 39.8 Å². The number of aromatic nitrogens is 8. The lowest BCUT2D eigenvalue weighted by Crippen LogP contribution is -2.17. The Kier molecular flexibility index (Phi) is 7.56. The fraction of sp³-hybridized carbons (Fsp3) is 0.250. The van der Waals surface area contributed by atoms with Crippen LogP contribution in [0.15, 0.2) is 48.5 Å². The van der Waals surface area contributed by atoms with Gasteiger partial charge in [0.25, 0.3) is 6.43 Å². The molecular weight excluding hydrogens is 551 g/mol. The molecule has 0 saturated heterocycles. The minimum atomic E-state index is -2.83. The molecular formula is C28H26F3N9O2. The highest BCUT2D eigenvalue weighted by Crippen LogP contribution is 2.39. The second kappa shape index (κ2) is 11.1. The van der Waals surface area contributed by atoms with Crippen molar-refractivity contribution in [1.82, 2.24) is 40.1 Å². The number of tetrazole rings is 1. The van der Waals surface area contributed by atoms with E-state index < -0.39 is 23.5 Å². The molecule has 0 fully saturated rings. The van der Waals surface area contributed by atoms with E-state index in [0.717, 1.165) is 0 Å². The lowest BCUT2D eigenvalue weighted by Gasteiger charge is -2.20. The van der Waals surface area contributed by atoms with Crippen LogP contribution in [0, 0.1) is 12.7 Å². The van der Waals surface area contributed by atoms with E-state index in [2.05, 4.69) is 35.5 Å². The summed E-state index contributed by atoms with van der Waals surface area (Å²) in [5, 5.41) is 22.2. The van der Waals surface area contributed by atoms with Crippen LogP contribution in [0.25, 0.3) is 33.9 Å². The van der Waals surface area contributed by atoms with E-state index in [1.54, 1.807) is 46.0 Å². The molecule has 0 saturated carbocycles. The van der Waals surface area contributed by atoms with E-state index in [-0.39, 0.29) is 29.7 Å². The van der Waals surface area contributed by atoms with Crippen LogP contribution in [0.5, 0.6) is 5.88 Å². The summed E-state index contributed by atoms with van der Waals surface area (Å²) < 4.78 is 48.8. The molecule has 4 aromatic heterocycles. The molecule has 5 rings (SSSR count). The first-order valence-corrected chi connectivity index (χ1v) is 12.7. The minimum Gasteiger partial charge on any atom is -0.471 e. The van der Waals surface area contributed by atoms with Gasteiger partial charge in [-0.15, -0.1) is 5.10 Å². The van der Waals surface area contributed by atoms with E-state index in [0.29, 0.717) is 39.6 Å². The number of hydrogen-bond acceptors (Lipinski definition) is 10. The van der Waals surface area contributed by atoms with E-state index in [1.165, 1.54) is 35.0 Å². The fourth-order valence-corrected chi connectivity index (χ4v) is 4.31. The molecule has 0 aliphatic heterocycles. The number of aliphatic hydroxyl groups is 1. The summed E-state index contributed by atoms with van der Waals surface area (Å²) >= 11 is 0. The number of ether oxygens (including phenoxy) is 1. The Hall–Kier alpha value is -4.98. The van der Waals surface area contributed by atoms with Crippen LogP contribution in [0.1, 0.15) is 42.9 Å². The van der Waals surface area contributed by atoms with Gasteiger partial charge < -0.3 is 15.6 Å². The van der Waals surface area contributed by atoms with Crippen molar-refractivity contribution in [1.29, 1.82) is 0 Å². The molecule has 0 bridgehead atoms. The Balaban J connectivity index is 1.65. The van der Waals surface area contributed by atoms with Crippen molar-refractivity contribution >= 4 is 5.95 Å². The van der Waals surface area contributed by atoms with Crippen LogP contribution >= 0.6 is 0 Å². The molecule has 14 heteroatoms. The minimum absolute atomic E-state index is 0.0232. The lowest BCUT2D eigenvalue weighted by atomic mass is 9.97. The maximum Gasteiger partial charge on any atom is 0.280 e. The first-order chi connectivity index (χ1) is 19.9. The summed E-state index contributed by atoms with van der Waals surface area (Å²) in [5.74, 6) is -0.285. The molecule has 11 nitrogen and oxygen atoms in total. The van der Waals surface area contributed by atoms with Gasteiger partial charge >= 0.3 is 0 Å². The van der Waals surface area contributed by atoms with E-state index >= 15 is 0 Å². The normalized spacial score (nSPS) is 11.7. The van der Waals surface area contributed by atoms with Gasteiger partial charge in [0.05, 0.1) is 22.6 Å². The van der Waals surface area contributed by atoms with E-state index in [1.807, 2.05) is 0 Å². The summed E-state index contributed by atoms with van der Waals surface area (Å²) in [6, 6.07) is 11.6. The zero-order valence-corrected chi connectivity index (χ0v) is 23.0. The van der Waals surface area contributed by atoms with Crippen LogP contribution in [0.2, 0.25) is 0 Å². The lowest BCUT2D eigenvalue weighted by molar-refractivity contribution is 0.0783. The summed E-state index contributed by atoms with van der Waals surface area (Å²) in [6.45, 7) is 4.66. The summed E-state index contributed by atoms with van der Waals surface area (Å²) in [5.41, 5.74) is 7.25. The van der Waals surface area contributed by atoms with Gasteiger partial charge in [0.2, 0.25) is 11.8 Å². The maximum absolute atomic E-state index is 13.8. The highest BCUT2D eigenvalue weighted by atomic mass is 19.3. The van der Waals surface area contributed by atoms with Crippen LogP contribution in [-0.4, -0.2) is 45.2 Å². The SMILES string of the molecule is Cc1cc(-c2c(OCc3cc(C(C)(C)O)cc(-c4nnnn4C)n3)nc(N)nc2-c2ccc(F)cc2)cc(C(F)F)n1. The van der Waals surface area contributed by atoms with Gasteiger partial charge in [-0.1, -0.05) is 0 Å². The van der Waals surface area contributed by atoms with Crippen molar-refractivity contribution in [3.63, 3.8) is 0 Å². The fourth-order valence-electron chi connectivity index (χ4n) is 4.31. The Morgan fingerprint density at radius 3 is 2.38 bits per heavy atom. The predicted octanol–water partition coefficient (Wildman–Crippen LogP) is 4.56. The molecule has 0 atom stereocenters. The van der Waals surface area contributed by atoms with Gasteiger partial charge in [0.15, 0.2) is 5.82 Å². The third-order valence-corrected chi connectivity index (χ3v) is 6.29. The number of hydrogen-bond donors (Lipinski definition) is 2. The Morgan fingerprint density at radius 2 is 1.74 bits per heavy atom. The zero-order chi connectivity index (χ0) is 30.2. The monoisotopic (exact) mass is 577 g/mol. The van der Waals surface area contributed by atoms with Gasteiger partial charge in [-0.3, -0.25) is 4.98 Å². The average molecular weight is 578 g/mol. The van der Waals surface area contributed by atoms with Crippen LogP contribution in [-0.2, 0) is 19.3 Å². The molecule has 4 heterocycles. The quantitative estimate of drug-likeness (QED) is 0.268. The standard InChI is InChI=1S/C28H26F3N9O2/c1-14-9-16(10-20(33-14)24(30)31)22-23(15-5-7-18(29)8-6-15)35-27(32)36-26(22)42-13-19-11-17(28(2,3)41)12-21(34-19)25-37-38-39-40(25)4/h5-12,24,41H,13H2,1-4H3,(H2,32,35,36). The highest BCUT2D eigenvalue weighted by Gasteiger charge is 2.24. The number of nitrogen functional groups attached to an aromatic ring is 1. The number of benzene rings is 1. The molecule has 0 spiro atoms. The maximum atomic E-state index is 13.8. The molecule has 216 valence electrons. The summed E-state index contributed by atoms with van der Waals surface area (Å²) in [4.78, 5) is 17.2. The number of rotatable bonds is 8. The number of alkyl halides is 2. The third-order valence-electron chi connectivity index (χ3n) is 6.29. The molecule has 3 N–H and O–H groups in total. The molecule has 1 aromatic carbocycles. The van der Waals surface area contributed by atoms with Crippen molar-refractivity contribution in [2.45, 2.75) is 39.4 Å². The second-order valence-corrected chi connectivity index (χ2v) is 10.0. The van der Waals surface area contributed by atoms with E-state index in [4.69, 9.17) is 10.5 Å². The second-order valence-electron chi connectivity index (χ2n) is 10.0. The van der Waals surface area contributed by atoms with Crippen molar-refractivity contribution in [2.24, 2.45) is 7.05 Å². The summed E-state index contributed by atoms with van der Waals surface area (Å²) in [6.07, 6.45) is -2.83. The van der Waals surface area contributed by atoms with Crippen molar-refractivity contribution < 1.29 is 23.0 Å². The number of pyridine rings is 2. The number of nitrogens with two attached hydrogens (primary N) is 1. The molecule has 42 heavy (non-hydrogen) atoms. The van der Waals surface area contributed by atoms with Gasteiger partial charge in [-0.2, -0.15) is 4.98 Å². The molecule has 0 aliphatic rings. The van der Waals surface area contributed by atoms with E-state index in [9.17, 15) is 18.3 Å². The van der Waals surface area contributed by atoms with Gasteiger partial charge in [-0.25, -0.2) is 27.8 Å². The van der Waals surface area contributed by atoms with Crippen LogP contribution in [0.3, 0.4) is 0 Å². The molecule has 0 radical (unpaired) electrons. The van der Waals surface area contributed by atoms with Crippen LogP contribution < -0.4 is 10.5 Å². The zero-order valence-electron chi connectivity index (χ0n) is 23.0. The first kappa shape index (κ1) is 28.5. The van der Waals surface area contributed by atoms with Crippen molar-refractivity contribution in [2.75, 3.05) is 5.73 Å². The predicted molar refractivity (Wildman–Crippen MR) is 146 cm³/mol. The first-order valence-electron chi connectivity index (χ1n) is 12.7. The van der Waals surface area contributed by atoms with Gasteiger partial charge in [-0.05, 0) is 90.9 Å². The molecule has 0 aliphatic carbocycles. The average Bonchev–Trinajstić information content (AvgIpc) is 3.36. The largest absolute Gasteiger partial charge is 0.471 e. The molecule has 0 amide bonds. The molecule has 5 aromatic rings.